The molecule has 21 heavy (non-hydrogen) atoms. The van der Waals surface area contributed by atoms with Gasteiger partial charge in [-0.15, -0.1) is 0 Å². The third-order valence-corrected chi connectivity index (χ3v) is 3.39. The summed E-state index contributed by atoms with van der Waals surface area (Å²) in [5.74, 6) is -1.31. The van der Waals surface area contributed by atoms with E-state index in [1.165, 1.54) is 24.3 Å². The van der Waals surface area contributed by atoms with Gasteiger partial charge in [-0.25, -0.2) is 4.90 Å². The first-order chi connectivity index (χ1) is 10.0. The smallest absolute Gasteiger partial charge is 0.268 e. The number of nitro groups is 1. The Morgan fingerprint density at radius 3 is 2.43 bits per heavy atom. The number of nitrogens with zero attached hydrogens (tertiary/aromatic N) is 2. The Labute approximate surface area is 123 Å². The second-order valence-electron chi connectivity index (χ2n) is 4.38. The Morgan fingerprint density at radius 2 is 1.76 bits per heavy atom. The van der Waals surface area contributed by atoms with Crippen molar-refractivity contribution in [2.75, 3.05) is 4.90 Å². The molecule has 3 rings (SSSR count). The molecule has 1 aliphatic rings. The molecule has 0 spiro atoms. The number of hydrogen-bond donors (Lipinski definition) is 0. The molecule has 0 saturated carbocycles. The Bertz CT molecular complexity index is 803. The van der Waals surface area contributed by atoms with Crippen molar-refractivity contribution in [1.29, 1.82) is 0 Å². The molecule has 1 aliphatic heterocycles. The molecule has 7 heteroatoms. The van der Waals surface area contributed by atoms with Crippen molar-refractivity contribution in [3.8, 4) is 0 Å². The number of fused-ring (bicyclic) bond motifs is 1. The van der Waals surface area contributed by atoms with E-state index in [-0.39, 0.29) is 22.5 Å². The lowest BCUT2D eigenvalue weighted by Gasteiger charge is -2.13. The SMILES string of the molecule is O=C1c2cccc([N+](=O)[O-])c2C(=O)N1c1cccc(Cl)c1. The van der Waals surface area contributed by atoms with Crippen molar-refractivity contribution < 1.29 is 14.5 Å². The van der Waals surface area contributed by atoms with Crippen molar-refractivity contribution in [3.63, 3.8) is 0 Å². The quantitative estimate of drug-likeness (QED) is 0.485. The number of halogens is 1. The van der Waals surface area contributed by atoms with E-state index in [4.69, 9.17) is 11.6 Å². The van der Waals surface area contributed by atoms with Crippen LogP contribution in [0, 0.1) is 10.1 Å². The van der Waals surface area contributed by atoms with Gasteiger partial charge in [0, 0.05) is 11.1 Å². The monoisotopic (exact) mass is 302 g/mol. The van der Waals surface area contributed by atoms with Crippen LogP contribution in [-0.4, -0.2) is 16.7 Å². The summed E-state index contributed by atoms with van der Waals surface area (Å²) in [6.45, 7) is 0. The van der Waals surface area contributed by atoms with Crippen LogP contribution in [0.25, 0.3) is 0 Å². The third-order valence-electron chi connectivity index (χ3n) is 3.16. The van der Waals surface area contributed by atoms with Crippen molar-refractivity contribution in [2.24, 2.45) is 0 Å². The standard InChI is InChI=1S/C14H7ClN2O4/c15-8-3-1-4-9(7-8)16-13(18)10-5-2-6-11(17(20)21)12(10)14(16)19/h1-7H. The highest BCUT2D eigenvalue weighted by Gasteiger charge is 2.41. The van der Waals surface area contributed by atoms with Gasteiger partial charge in [0.15, 0.2) is 0 Å². The topological polar surface area (TPSA) is 80.5 Å². The van der Waals surface area contributed by atoms with Crippen LogP contribution >= 0.6 is 11.6 Å². The lowest BCUT2D eigenvalue weighted by atomic mass is 10.1. The van der Waals surface area contributed by atoms with E-state index in [0.29, 0.717) is 5.02 Å². The lowest BCUT2D eigenvalue weighted by molar-refractivity contribution is -0.385. The van der Waals surface area contributed by atoms with Gasteiger partial charge in [0.25, 0.3) is 17.5 Å². The number of anilines is 1. The zero-order chi connectivity index (χ0) is 15.1. The number of hydrogen-bond acceptors (Lipinski definition) is 4. The first-order valence-corrected chi connectivity index (χ1v) is 6.30. The predicted octanol–water partition coefficient (Wildman–Crippen LogP) is 3.05. The highest BCUT2D eigenvalue weighted by molar-refractivity contribution is 6.36. The second kappa shape index (κ2) is 4.68. The minimum atomic E-state index is -0.718. The zero-order valence-corrected chi connectivity index (χ0v) is 11.2. The minimum Gasteiger partial charge on any atom is -0.268 e. The second-order valence-corrected chi connectivity index (χ2v) is 4.82. The number of nitro benzene ring substituents is 1. The van der Waals surface area contributed by atoms with Gasteiger partial charge < -0.3 is 0 Å². The largest absolute Gasteiger partial charge is 0.283 e. The molecule has 0 saturated heterocycles. The first-order valence-electron chi connectivity index (χ1n) is 5.92. The van der Waals surface area contributed by atoms with Crippen molar-refractivity contribution in [3.05, 3.63) is 68.7 Å². The molecule has 104 valence electrons. The van der Waals surface area contributed by atoms with Crippen LogP contribution in [0.2, 0.25) is 5.02 Å². The third kappa shape index (κ3) is 1.96. The first kappa shape index (κ1) is 13.3. The highest BCUT2D eigenvalue weighted by atomic mass is 35.5. The van der Waals surface area contributed by atoms with Crippen LogP contribution in [0.3, 0.4) is 0 Å². The average molecular weight is 303 g/mol. The predicted molar refractivity (Wildman–Crippen MR) is 75.7 cm³/mol. The molecule has 0 fully saturated rings. The summed E-state index contributed by atoms with van der Waals surface area (Å²) in [5.41, 5.74) is -0.264. The summed E-state index contributed by atoms with van der Waals surface area (Å²) in [6.07, 6.45) is 0. The number of rotatable bonds is 2. The van der Waals surface area contributed by atoms with Crippen LogP contribution in [-0.2, 0) is 0 Å². The Hall–Kier alpha value is -2.73. The molecule has 0 N–H and O–H groups in total. The van der Waals surface area contributed by atoms with E-state index in [1.807, 2.05) is 0 Å². The molecule has 0 unspecified atom stereocenters. The Kier molecular flexibility index (Phi) is 2.95. The molecule has 2 amide bonds. The fraction of sp³-hybridized carbons (Fsp3) is 0. The number of amides is 2. The van der Waals surface area contributed by atoms with Gasteiger partial charge in [0.05, 0.1) is 16.2 Å². The van der Waals surface area contributed by atoms with Gasteiger partial charge >= 0.3 is 0 Å². The van der Waals surface area contributed by atoms with Crippen LogP contribution in [0.4, 0.5) is 11.4 Å². The molecule has 2 aromatic rings. The molecule has 2 aromatic carbocycles. The van der Waals surface area contributed by atoms with Crippen LogP contribution in [0.15, 0.2) is 42.5 Å². The molecule has 0 atom stereocenters. The van der Waals surface area contributed by atoms with Crippen molar-refractivity contribution >= 4 is 34.8 Å². The van der Waals surface area contributed by atoms with E-state index in [0.717, 1.165) is 4.90 Å². The van der Waals surface area contributed by atoms with Gasteiger partial charge in [0.2, 0.25) is 0 Å². The Balaban J connectivity index is 2.18. The van der Waals surface area contributed by atoms with E-state index in [9.17, 15) is 19.7 Å². The number of carbonyl (C=O) groups is 2. The Morgan fingerprint density at radius 1 is 1.05 bits per heavy atom. The lowest BCUT2D eigenvalue weighted by Crippen LogP contribution is -2.29. The van der Waals surface area contributed by atoms with Gasteiger partial charge in [-0.3, -0.25) is 19.7 Å². The molecular weight excluding hydrogens is 296 g/mol. The van der Waals surface area contributed by atoms with E-state index in [1.54, 1.807) is 18.2 Å². The van der Waals surface area contributed by atoms with Crippen LogP contribution < -0.4 is 4.90 Å². The molecule has 0 radical (unpaired) electrons. The maximum atomic E-state index is 12.4. The summed E-state index contributed by atoms with van der Waals surface area (Å²) in [7, 11) is 0. The fourth-order valence-electron chi connectivity index (χ4n) is 2.27. The summed E-state index contributed by atoms with van der Waals surface area (Å²) in [6, 6.07) is 10.2. The maximum Gasteiger partial charge on any atom is 0.283 e. The molecule has 0 aliphatic carbocycles. The van der Waals surface area contributed by atoms with E-state index < -0.39 is 16.7 Å². The average Bonchev–Trinajstić information content (AvgIpc) is 2.71. The molecule has 1 heterocycles. The van der Waals surface area contributed by atoms with E-state index in [2.05, 4.69) is 0 Å². The number of benzene rings is 2. The summed E-state index contributed by atoms with van der Waals surface area (Å²) in [4.78, 5) is 36.0. The number of carbonyl (C=O) groups excluding carboxylic acids is 2. The minimum absolute atomic E-state index is 0.0224. The van der Waals surface area contributed by atoms with E-state index >= 15 is 0 Å². The van der Waals surface area contributed by atoms with Gasteiger partial charge in [0.1, 0.15) is 5.56 Å². The zero-order valence-electron chi connectivity index (χ0n) is 10.4. The van der Waals surface area contributed by atoms with Crippen molar-refractivity contribution in [1.82, 2.24) is 0 Å². The van der Waals surface area contributed by atoms with Gasteiger partial charge in [-0.05, 0) is 24.3 Å². The summed E-state index contributed by atoms with van der Waals surface area (Å²) < 4.78 is 0. The maximum absolute atomic E-state index is 12.4. The van der Waals surface area contributed by atoms with Gasteiger partial charge in [-0.2, -0.15) is 0 Å². The summed E-state index contributed by atoms with van der Waals surface area (Å²) >= 11 is 5.85. The van der Waals surface area contributed by atoms with Crippen molar-refractivity contribution in [2.45, 2.75) is 0 Å². The number of imide groups is 1. The normalized spacial score (nSPS) is 13.5. The molecule has 6 nitrogen and oxygen atoms in total. The summed E-state index contributed by atoms with van der Waals surface area (Å²) in [5, 5.41) is 11.4. The van der Waals surface area contributed by atoms with Gasteiger partial charge in [-0.1, -0.05) is 23.7 Å². The van der Waals surface area contributed by atoms with Crippen LogP contribution in [0.5, 0.6) is 0 Å². The molecule has 0 aromatic heterocycles. The molecular formula is C14H7ClN2O4. The highest BCUT2D eigenvalue weighted by Crippen LogP contribution is 2.34. The molecule has 0 bridgehead atoms. The fourth-order valence-corrected chi connectivity index (χ4v) is 2.45. The van der Waals surface area contributed by atoms with Crippen LogP contribution in [0.1, 0.15) is 20.7 Å².